The van der Waals surface area contributed by atoms with Gasteiger partial charge >= 0.3 is 5.97 Å². The molecule has 3 rings (SSSR count). The van der Waals surface area contributed by atoms with Crippen molar-refractivity contribution in [1.29, 1.82) is 0 Å². The predicted octanol–water partition coefficient (Wildman–Crippen LogP) is 2.85. The number of hydrogen-bond donors (Lipinski definition) is 0. The smallest absolute Gasteiger partial charge is 0.315 e. The molecule has 1 aromatic rings. The van der Waals surface area contributed by atoms with E-state index < -0.39 is 0 Å². The van der Waals surface area contributed by atoms with E-state index in [-0.39, 0.29) is 11.9 Å². The minimum absolute atomic E-state index is 0.114. The van der Waals surface area contributed by atoms with Crippen LogP contribution in [0.15, 0.2) is 0 Å². The second-order valence-electron chi connectivity index (χ2n) is 5.45. The number of fused-ring (bicyclic) bond motifs is 1. The van der Waals surface area contributed by atoms with E-state index in [0.29, 0.717) is 12.7 Å². The highest BCUT2D eigenvalue weighted by molar-refractivity contribution is 7.11. The van der Waals surface area contributed by atoms with Gasteiger partial charge in [-0.2, -0.15) is 0 Å². The maximum absolute atomic E-state index is 11.9. The highest BCUT2D eigenvalue weighted by Crippen LogP contribution is 2.37. The van der Waals surface area contributed by atoms with Gasteiger partial charge in [-0.15, -0.1) is 11.3 Å². The second kappa shape index (κ2) is 6.22. The molecule has 2 heterocycles. The van der Waals surface area contributed by atoms with Crippen molar-refractivity contribution in [2.75, 3.05) is 13.2 Å². The van der Waals surface area contributed by atoms with Gasteiger partial charge in [0.25, 0.3) is 0 Å². The number of thiazole rings is 1. The van der Waals surface area contributed by atoms with Gasteiger partial charge in [0.05, 0.1) is 23.4 Å². The average molecular weight is 295 g/mol. The normalized spacial score (nSPS) is 25.4. The first-order chi connectivity index (χ1) is 9.78. The molecule has 1 aliphatic heterocycles. The van der Waals surface area contributed by atoms with E-state index in [1.807, 2.05) is 6.92 Å². The standard InChI is InChI=1S/C15H21NO3S/c1-2-18-15(17)11-6-7-12-14(11)16-13(20-12)9-10-5-3-4-8-19-10/h10-11H,2-9H2,1H3. The summed E-state index contributed by atoms with van der Waals surface area (Å²) < 4.78 is 10.9. The van der Waals surface area contributed by atoms with Crippen LogP contribution in [0.5, 0.6) is 0 Å². The molecule has 1 fully saturated rings. The van der Waals surface area contributed by atoms with Crippen molar-refractivity contribution in [3.05, 3.63) is 15.6 Å². The second-order valence-corrected chi connectivity index (χ2v) is 6.62. The summed E-state index contributed by atoms with van der Waals surface area (Å²) in [6, 6.07) is 0. The molecule has 0 saturated carbocycles. The van der Waals surface area contributed by atoms with Gasteiger partial charge in [-0.05, 0) is 39.0 Å². The van der Waals surface area contributed by atoms with E-state index in [1.54, 1.807) is 11.3 Å². The zero-order valence-electron chi connectivity index (χ0n) is 11.9. The molecule has 0 amide bonds. The summed E-state index contributed by atoms with van der Waals surface area (Å²) in [5, 5.41) is 1.12. The zero-order valence-corrected chi connectivity index (χ0v) is 12.7. The maximum atomic E-state index is 11.9. The van der Waals surface area contributed by atoms with E-state index >= 15 is 0 Å². The number of esters is 1. The molecule has 4 nitrogen and oxygen atoms in total. The Labute approximate surface area is 123 Å². The molecular weight excluding hydrogens is 274 g/mol. The molecule has 0 N–H and O–H groups in total. The fourth-order valence-corrected chi connectivity index (χ4v) is 4.21. The van der Waals surface area contributed by atoms with Gasteiger partial charge in [-0.1, -0.05) is 0 Å². The monoisotopic (exact) mass is 295 g/mol. The molecule has 0 aromatic carbocycles. The summed E-state index contributed by atoms with van der Waals surface area (Å²) in [6.45, 7) is 3.17. The van der Waals surface area contributed by atoms with Crippen molar-refractivity contribution >= 4 is 17.3 Å². The van der Waals surface area contributed by atoms with Gasteiger partial charge in [0.15, 0.2) is 0 Å². The number of ether oxygens (including phenoxy) is 2. The fourth-order valence-electron chi connectivity index (χ4n) is 3.00. The van der Waals surface area contributed by atoms with Crippen molar-refractivity contribution in [2.24, 2.45) is 0 Å². The molecule has 0 radical (unpaired) electrons. The number of nitrogens with zero attached hydrogens (tertiary/aromatic N) is 1. The molecule has 2 atom stereocenters. The summed E-state index contributed by atoms with van der Waals surface area (Å²) >= 11 is 1.76. The van der Waals surface area contributed by atoms with Crippen molar-refractivity contribution in [3.63, 3.8) is 0 Å². The van der Waals surface area contributed by atoms with Crippen LogP contribution in [0.2, 0.25) is 0 Å². The molecule has 1 aliphatic carbocycles. The third-order valence-electron chi connectivity index (χ3n) is 4.01. The van der Waals surface area contributed by atoms with Crippen LogP contribution in [-0.4, -0.2) is 30.3 Å². The summed E-state index contributed by atoms with van der Waals surface area (Å²) in [5.74, 6) is -0.251. The maximum Gasteiger partial charge on any atom is 0.315 e. The molecule has 0 spiro atoms. The Balaban J connectivity index is 1.68. The van der Waals surface area contributed by atoms with Crippen LogP contribution in [0.25, 0.3) is 0 Å². The lowest BCUT2D eigenvalue weighted by Crippen LogP contribution is -2.21. The number of aryl methyl sites for hydroxylation is 1. The Morgan fingerprint density at radius 3 is 3.10 bits per heavy atom. The number of hydrogen-bond acceptors (Lipinski definition) is 5. The van der Waals surface area contributed by atoms with E-state index in [0.717, 1.165) is 43.0 Å². The van der Waals surface area contributed by atoms with E-state index in [1.165, 1.54) is 17.7 Å². The number of rotatable bonds is 4. The van der Waals surface area contributed by atoms with Gasteiger partial charge in [0.2, 0.25) is 0 Å². The lowest BCUT2D eigenvalue weighted by molar-refractivity contribution is -0.145. The number of carbonyl (C=O) groups is 1. The van der Waals surface area contributed by atoms with Crippen molar-refractivity contribution in [2.45, 2.75) is 57.5 Å². The first kappa shape index (κ1) is 14.0. The SMILES string of the molecule is CCOC(=O)C1CCc2sc(CC3CCCCO3)nc21. The third-order valence-corrected chi connectivity index (χ3v) is 5.16. The van der Waals surface area contributed by atoms with Crippen molar-refractivity contribution in [1.82, 2.24) is 4.98 Å². The Bertz CT molecular complexity index is 479. The summed E-state index contributed by atoms with van der Waals surface area (Å²) in [7, 11) is 0. The predicted molar refractivity (Wildman–Crippen MR) is 77.1 cm³/mol. The molecule has 2 unspecified atom stereocenters. The summed E-state index contributed by atoms with van der Waals surface area (Å²) in [6.07, 6.45) is 6.58. The van der Waals surface area contributed by atoms with Crippen molar-refractivity contribution < 1.29 is 14.3 Å². The van der Waals surface area contributed by atoms with Crippen LogP contribution in [-0.2, 0) is 27.1 Å². The first-order valence-corrected chi connectivity index (χ1v) is 8.36. The van der Waals surface area contributed by atoms with Gasteiger partial charge in [-0.3, -0.25) is 4.79 Å². The van der Waals surface area contributed by atoms with Crippen LogP contribution in [0.1, 0.15) is 54.1 Å². The van der Waals surface area contributed by atoms with Gasteiger partial charge in [0.1, 0.15) is 5.92 Å². The van der Waals surface area contributed by atoms with Crippen LogP contribution < -0.4 is 0 Å². The topological polar surface area (TPSA) is 48.4 Å². The lowest BCUT2D eigenvalue weighted by atomic mass is 10.1. The van der Waals surface area contributed by atoms with Gasteiger partial charge < -0.3 is 9.47 Å². The fraction of sp³-hybridized carbons (Fsp3) is 0.733. The van der Waals surface area contributed by atoms with E-state index in [2.05, 4.69) is 0 Å². The minimum Gasteiger partial charge on any atom is -0.465 e. The molecule has 0 bridgehead atoms. The molecule has 20 heavy (non-hydrogen) atoms. The first-order valence-electron chi connectivity index (χ1n) is 7.54. The minimum atomic E-state index is -0.137. The Morgan fingerprint density at radius 2 is 2.35 bits per heavy atom. The van der Waals surface area contributed by atoms with Crippen molar-refractivity contribution in [3.8, 4) is 0 Å². The summed E-state index contributed by atoms with van der Waals surface area (Å²) in [4.78, 5) is 17.9. The average Bonchev–Trinajstić information content (AvgIpc) is 2.99. The summed E-state index contributed by atoms with van der Waals surface area (Å²) in [5.41, 5.74) is 0.972. The van der Waals surface area contributed by atoms with Gasteiger partial charge in [0, 0.05) is 17.9 Å². The third kappa shape index (κ3) is 2.88. The Kier molecular flexibility index (Phi) is 4.36. The highest BCUT2D eigenvalue weighted by Gasteiger charge is 2.33. The molecular formula is C15H21NO3S. The molecule has 110 valence electrons. The quantitative estimate of drug-likeness (QED) is 0.801. The molecule has 1 saturated heterocycles. The lowest BCUT2D eigenvalue weighted by Gasteiger charge is -2.21. The zero-order chi connectivity index (χ0) is 13.9. The largest absolute Gasteiger partial charge is 0.465 e. The highest BCUT2D eigenvalue weighted by atomic mass is 32.1. The van der Waals surface area contributed by atoms with Gasteiger partial charge in [-0.25, -0.2) is 4.98 Å². The number of aromatic nitrogens is 1. The molecule has 2 aliphatic rings. The van der Waals surface area contributed by atoms with Crippen LogP contribution in [0, 0.1) is 0 Å². The van der Waals surface area contributed by atoms with E-state index in [9.17, 15) is 4.79 Å². The van der Waals surface area contributed by atoms with E-state index in [4.69, 9.17) is 14.5 Å². The molecule has 1 aromatic heterocycles. The van der Waals surface area contributed by atoms with Crippen LogP contribution >= 0.6 is 11.3 Å². The van der Waals surface area contributed by atoms with Crippen LogP contribution in [0.4, 0.5) is 0 Å². The number of carbonyl (C=O) groups excluding carboxylic acids is 1. The van der Waals surface area contributed by atoms with Crippen LogP contribution in [0.3, 0.4) is 0 Å². The Morgan fingerprint density at radius 1 is 1.45 bits per heavy atom. The Hall–Kier alpha value is -0.940. The molecule has 5 heteroatoms.